The van der Waals surface area contributed by atoms with Crippen molar-refractivity contribution in [2.24, 2.45) is 0 Å². The number of nitrogens with one attached hydrogen (secondary N) is 1. The second-order valence-corrected chi connectivity index (χ2v) is 9.12. The Balaban J connectivity index is 2.27. The summed E-state index contributed by atoms with van der Waals surface area (Å²) in [4.78, 5) is 11.4. The molecule has 0 heterocycles. The van der Waals surface area contributed by atoms with Crippen LogP contribution >= 0.6 is 11.8 Å². The van der Waals surface area contributed by atoms with E-state index < -0.39 is 21.2 Å². The summed E-state index contributed by atoms with van der Waals surface area (Å²) >= 11 is 1.23. The molecule has 1 rings (SSSR count). The normalized spacial score (nSPS) is 12.8. The summed E-state index contributed by atoms with van der Waals surface area (Å²) in [5.74, 6) is -0.349. The van der Waals surface area contributed by atoms with Gasteiger partial charge >= 0.3 is 5.97 Å². The summed E-state index contributed by atoms with van der Waals surface area (Å²) in [5.41, 5.74) is 0.718. The molecule has 1 aromatic rings. The molecule has 0 fully saturated rings. The van der Waals surface area contributed by atoms with Crippen molar-refractivity contribution in [2.45, 2.75) is 50.7 Å². The lowest BCUT2D eigenvalue weighted by molar-refractivity contribution is -0.136. The van der Waals surface area contributed by atoms with E-state index in [1.807, 2.05) is 6.07 Å². The predicted molar refractivity (Wildman–Crippen MR) is 104 cm³/mol. The summed E-state index contributed by atoms with van der Waals surface area (Å²) in [7, 11) is -3.27. The number of sulfonamides is 1. The van der Waals surface area contributed by atoms with Crippen molar-refractivity contribution in [1.82, 2.24) is 4.72 Å². The molecule has 0 bridgehead atoms. The number of rotatable bonds is 14. The molecule has 7 heteroatoms. The lowest BCUT2D eigenvalue weighted by atomic mass is 10.1. The van der Waals surface area contributed by atoms with E-state index in [4.69, 9.17) is 0 Å². The van der Waals surface area contributed by atoms with E-state index in [1.54, 1.807) is 24.3 Å². The van der Waals surface area contributed by atoms with Crippen LogP contribution in [0.25, 0.3) is 0 Å². The molecule has 0 aliphatic carbocycles. The van der Waals surface area contributed by atoms with Crippen LogP contribution in [-0.4, -0.2) is 37.5 Å². The van der Waals surface area contributed by atoms with Crippen molar-refractivity contribution in [3.8, 4) is 0 Å². The van der Waals surface area contributed by atoms with Gasteiger partial charge in [-0.1, -0.05) is 69.4 Å². The first-order valence-corrected chi connectivity index (χ1v) is 11.5. The molecular weight excluding hydrogens is 358 g/mol. The van der Waals surface area contributed by atoms with Gasteiger partial charge in [0.2, 0.25) is 10.0 Å². The van der Waals surface area contributed by atoms with Crippen LogP contribution in [0.2, 0.25) is 0 Å². The van der Waals surface area contributed by atoms with Crippen molar-refractivity contribution in [2.75, 3.05) is 18.1 Å². The van der Waals surface area contributed by atoms with Gasteiger partial charge < -0.3 is 5.11 Å². The SMILES string of the molecule is CCCCCCCCS(=O)(=O)NCCSC(C(=O)O)c1ccccc1. The molecular formula is C18H29NO4S2. The smallest absolute Gasteiger partial charge is 0.321 e. The average molecular weight is 388 g/mol. The first-order chi connectivity index (χ1) is 12.0. The van der Waals surface area contributed by atoms with Gasteiger partial charge in [0, 0.05) is 12.3 Å². The van der Waals surface area contributed by atoms with E-state index >= 15 is 0 Å². The lowest BCUT2D eigenvalue weighted by Gasteiger charge is -2.13. The van der Waals surface area contributed by atoms with Crippen molar-refractivity contribution >= 4 is 27.8 Å². The monoisotopic (exact) mass is 387 g/mol. The number of hydrogen-bond acceptors (Lipinski definition) is 4. The van der Waals surface area contributed by atoms with Gasteiger partial charge in [0.15, 0.2) is 0 Å². The molecule has 1 unspecified atom stereocenters. The van der Waals surface area contributed by atoms with Gasteiger partial charge in [-0.05, 0) is 12.0 Å². The Morgan fingerprint density at radius 2 is 1.76 bits per heavy atom. The number of benzene rings is 1. The molecule has 1 aromatic carbocycles. The molecule has 0 amide bonds. The van der Waals surface area contributed by atoms with E-state index in [-0.39, 0.29) is 12.3 Å². The van der Waals surface area contributed by atoms with E-state index in [1.165, 1.54) is 24.6 Å². The maximum absolute atomic E-state index is 11.9. The first-order valence-electron chi connectivity index (χ1n) is 8.83. The molecule has 0 aliphatic rings. The summed E-state index contributed by atoms with van der Waals surface area (Å²) in [6, 6.07) is 8.98. The van der Waals surface area contributed by atoms with Crippen LogP contribution in [0.5, 0.6) is 0 Å². The largest absolute Gasteiger partial charge is 0.480 e. The van der Waals surface area contributed by atoms with Crippen LogP contribution in [0, 0.1) is 0 Å². The molecule has 0 aliphatic heterocycles. The highest BCUT2D eigenvalue weighted by atomic mass is 32.2. The fraction of sp³-hybridized carbons (Fsp3) is 0.611. The number of carboxylic acid groups (broad SMARTS) is 1. The second kappa shape index (κ2) is 12.3. The summed E-state index contributed by atoms with van der Waals surface area (Å²) in [6.45, 7) is 2.40. The Morgan fingerprint density at radius 1 is 1.12 bits per heavy atom. The van der Waals surface area contributed by atoms with Gasteiger partial charge in [-0.2, -0.15) is 0 Å². The number of hydrogen-bond donors (Lipinski definition) is 2. The average Bonchev–Trinajstić information content (AvgIpc) is 2.58. The zero-order valence-corrected chi connectivity index (χ0v) is 16.4. The lowest BCUT2D eigenvalue weighted by Crippen LogP contribution is -2.28. The van der Waals surface area contributed by atoms with Gasteiger partial charge in [-0.15, -0.1) is 11.8 Å². The Bertz CT molecular complexity index is 590. The molecule has 0 radical (unpaired) electrons. The van der Waals surface area contributed by atoms with Crippen LogP contribution in [0.1, 0.15) is 56.3 Å². The third-order valence-electron chi connectivity index (χ3n) is 3.80. The highest BCUT2D eigenvalue weighted by molar-refractivity contribution is 8.00. The zero-order chi connectivity index (χ0) is 18.5. The fourth-order valence-corrected chi connectivity index (χ4v) is 4.68. The van der Waals surface area contributed by atoms with Gasteiger partial charge in [-0.25, -0.2) is 13.1 Å². The number of aliphatic carboxylic acids is 1. The minimum Gasteiger partial charge on any atom is -0.480 e. The van der Waals surface area contributed by atoms with Crippen molar-refractivity contribution < 1.29 is 18.3 Å². The number of carbonyl (C=O) groups is 1. The molecule has 0 spiro atoms. The van der Waals surface area contributed by atoms with E-state index in [2.05, 4.69) is 11.6 Å². The van der Waals surface area contributed by atoms with Crippen LogP contribution in [-0.2, 0) is 14.8 Å². The minimum atomic E-state index is -3.27. The maximum atomic E-state index is 11.9. The number of carboxylic acids is 1. The van der Waals surface area contributed by atoms with Gasteiger partial charge in [0.1, 0.15) is 5.25 Å². The highest BCUT2D eigenvalue weighted by Crippen LogP contribution is 2.28. The maximum Gasteiger partial charge on any atom is 0.321 e. The molecule has 0 aromatic heterocycles. The third kappa shape index (κ3) is 9.87. The van der Waals surface area contributed by atoms with Crippen LogP contribution < -0.4 is 4.72 Å². The molecule has 5 nitrogen and oxygen atoms in total. The molecule has 0 saturated heterocycles. The van der Waals surface area contributed by atoms with Gasteiger partial charge in [-0.3, -0.25) is 4.79 Å². The summed E-state index contributed by atoms with van der Waals surface area (Å²) in [6.07, 6.45) is 6.23. The van der Waals surface area contributed by atoms with Crippen molar-refractivity contribution in [3.63, 3.8) is 0 Å². The van der Waals surface area contributed by atoms with Crippen molar-refractivity contribution in [3.05, 3.63) is 35.9 Å². The topological polar surface area (TPSA) is 83.5 Å². The molecule has 1 atom stereocenters. The van der Waals surface area contributed by atoms with Crippen LogP contribution in [0.15, 0.2) is 30.3 Å². The van der Waals surface area contributed by atoms with E-state index in [0.29, 0.717) is 12.2 Å². The molecule has 25 heavy (non-hydrogen) atoms. The highest BCUT2D eigenvalue weighted by Gasteiger charge is 2.20. The second-order valence-electron chi connectivity index (χ2n) is 5.98. The zero-order valence-electron chi connectivity index (χ0n) is 14.8. The first kappa shape index (κ1) is 22.0. The number of unbranched alkanes of at least 4 members (excludes halogenated alkanes) is 5. The van der Waals surface area contributed by atoms with Gasteiger partial charge in [0.25, 0.3) is 0 Å². The Morgan fingerprint density at radius 3 is 2.40 bits per heavy atom. The standard InChI is InChI=1S/C18H29NO4S2/c1-2-3-4-5-6-10-15-25(22,23)19-13-14-24-17(18(20)21)16-11-8-7-9-12-16/h7-9,11-12,17,19H,2-6,10,13-15H2,1H3,(H,20,21). The molecule has 142 valence electrons. The minimum absolute atomic E-state index is 0.144. The predicted octanol–water partition coefficient (Wildman–Crippen LogP) is 3.83. The van der Waals surface area contributed by atoms with Gasteiger partial charge in [0.05, 0.1) is 5.75 Å². The van der Waals surface area contributed by atoms with E-state index in [0.717, 1.165) is 24.8 Å². The third-order valence-corrected chi connectivity index (χ3v) is 6.52. The summed E-state index contributed by atoms with van der Waals surface area (Å²) in [5, 5.41) is 8.65. The van der Waals surface area contributed by atoms with Crippen molar-refractivity contribution in [1.29, 1.82) is 0 Å². The molecule has 0 saturated carbocycles. The fourth-order valence-electron chi connectivity index (χ4n) is 2.46. The van der Waals surface area contributed by atoms with E-state index in [9.17, 15) is 18.3 Å². The Labute approximate surface area is 155 Å². The Hall–Kier alpha value is -1.05. The Kier molecular flexibility index (Phi) is 10.8. The molecule has 2 N–H and O–H groups in total. The number of thioether (sulfide) groups is 1. The quantitative estimate of drug-likeness (QED) is 0.474. The summed E-state index contributed by atoms with van der Waals surface area (Å²) < 4.78 is 26.4. The van der Waals surface area contributed by atoms with Crippen LogP contribution in [0.4, 0.5) is 0 Å². The van der Waals surface area contributed by atoms with Crippen LogP contribution in [0.3, 0.4) is 0 Å².